The van der Waals surface area contributed by atoms with Crippen LogP contribution >= 0.6 is 0 Å². The summed E-state index contributed by atoms with van der Waals surface area (Å²) in [4.78, 5) is 4.72. The van der Waals surface area contributed by atoms with Crippen LogP contribution in [0.3, 0.4) is 0 Å². The molecule has 3 nitrogen and oxygen atoms in total. The minimum atomic E-state index is 0.818. The van der Waals surface area contributed by atoms with E-state index in [1.54, 1.807) is 0 Å². The van der Waals surface area contributed by atoms with Crippen molar-refractivity contribution >= 4 is 66.8 Å². The fourth-order valence-corrected chi connectivity index (χ4v) is 7.80. The minimum absolute atomic E-state index is 0.818. The molecule has 10 aromatic rings. The van der Waals surface area contributed by atoms with Crippen molar-refractivity contribution in [3.8, 4) is 22.3 Å². The predicted molar refractivity (Wildman–Crippen MR) is 231 cm³/mol. The molecule has 0 saturated heterocycles. The minimum Gasteiger partial charge on any atom is -0.456 e. The highest BCUT2D eigenvalue weighted by Crippen LogP contribution is 2.48. The topological polar surface area (TPSA) is 19.6 Å². The first-order chi connectivity index (χ1) is 27.3. The van der Waals surface area contributed by atoms with E-state index >= 15 is 0 Å². The van der Waals surface area contributed by atoms with Gasteiger partial charge in [-0.15, -0.1) is 0 Å². The Labute approximate surface area is 320 Å². The lowest BCUT2D eigenvalue weighted by Crippen LogP contribution is -2.13. The second kappa shape index (κ2) is 13.9. The van der Waals surface area contributed by atoms with Gasteiger partial charge in [-0.05, 0) is 99.8 Å². The van der Waals surface area contributed by atoms with E-state index in [1.807, 2.05) is 0 Å². The number of furan rings is 1. The van der Waals surface area contributed by atoms with Crippen LogP contribution in [0.4, 0.5) is 34.1 Å². The van der Waals surface area contributed by atoms with Gasteiger partial charge in [0.1, 0.15) is 11.2 Å². The molecule has 9 aromatic carbocycles. The Kier molecular flexibility index (Phi) is 8.16. The average molecular weight is 705 g/mol. The molecule has 0 unspecified atom stereocenters. The SMILES string of the molecule is c1ccc(-c2cccc(N(c3ccccc3)c3cc(N(c4ccccc4)c4cccc(-c5ccccc5)c4)c4c(c3)oc3cc5ccccc5cc34)c2)cc1. The summed E-state index contributed by atoms with van der Waals surface area (Å²) in [6.07, 6.45) is 0. The maximum Gasteiger partial charge on any atom is 0.139 e. The van der Waals surface area contributed by atoms with Crippen LogP contribution in [0.5, 0.6) is 0 Å². The van der Waals surface area contributed by atoms with E-state index in [4.69, 9.17) is 4.42 Å². The summed E-state index contributed by atoms with van der Waals surface area (Å²) in [7, 11) is 0. The lowest BCUT2D eigenvalue weighted by molar-refractivity contribution is 0.669. The Balaban J connectivity index is 1.27. The van der Waals surface area contributed by atoms with Crippen LogP contribution in [0, 0.1) is 0 Å². The zero-order valence-corrected chi connectivity index (χ0v) is 30.1. The third kappa shape index (κ3) is 6.08. The Hall–Kier alpha value is -7.36. The number of nitrogens with zero attached hydrogens (tertiary/aromatic N) is 2. The quantitative estimate of drug-likeness (QED) is 0.157. The highest BCUT2D eigenvalue weighted by molar-refractivity contribution is 6.17. The van der Waals surface area contributed by atoms with Gasteiger partial charge in [-0.1, -0.05) is 146 Å². The first kappa shape index (κ1) is 32.3. The molecule has 260 valence electrons. The number of rotatable bonds is 8. The normalized spacial score (nSPS) is 11.3. The van der Waals surface area contributed by atoms with Crippen LogP contribution in [0.2, 0.25) is 0 Å². The van der Waals surface area contributed by atoms with Crippen molar-refractivity contribution in [2.75, 3.05) is 9.80 Å². The van der Waals surface area contributed by atoms with Gasteiger partial charge in [0.25, 0.3) is 0 Å². The van der Waals surface area contributed by atoms with Gasteiger partial charge in [0.05, 0.1) is 16.8 Å². The van der Waals surface area contributed by atoms with E-state index in [-0.39, 0.29) is 0 Å². The monoisotopic (exact) mass is 704 g/mol. The van der Waals surface area contributed by atoms with Crippen molar-refractivity contribution in [2.24, 2.45) is 0 Å². The van der Waals surface area contributed by atoms with E-state index in [1.165, 1.54) is 16.5 Å². The molecule has 0 fully saturated rings. The number of fused-ring (bicyclic) bond motifs is 4. The van der Waals surface area contributed by atoms with Gasteiger partial charge in [-0.3, -0.25) is 0 Å². The Morgan fingerprint density at radius 2 is 0.745 bits per heavy atom. The largest absolute Gasteiger partial charge is 0.456 e. The van der Waals surface area contributed by atoms with E-state index in [0.717, 1.165) is 72.6 Å². The molecule has 0 bridgehead atoms. The summed E-state index contributed by atoms with van der Waals surface area (Å²) in [5.74, 6) is 0. The summed E-state index contributed by atoms with van der Waals surface area (Å²) in [5, 5.41) is 4.46. The molecule has 0 radical (unpaired) electrons. The Morgan fingerprint density at radius 3 is 1.33 bits per heavy atom. The van der Waals surface area contributed by atoms with Crippen molar-refractivity contribution in [1.29, 1.82) is 0 Å². The highest BCUT2D eigenvalue weighted by Gasteiger charge is 2.24. The van der Waals surface area contributed by atoms with Gasteiger partial charge in [0.2, 0.25) is 0 Å². The molecule has 0 saturated carbocycles. The fraction of sp³-hybridized carbons (Fsp3) is 0. The van der Waals surface area contributed by atoms with E-state index in [0.29, 0.717) is 0 Å². The molecule has 3 heteroatoms. The van der Waals surface area contributed by atoms with Crippen LogP contribution in [-0.2, 0) is 0 Å². The Bertz CT molecular complexity index is 2920. The second-order valence-corrected chi connectivity index (χ2v) is 13.8. The molecule has 1 heterocycles. The molecule has 0 atom stereocenters. The summed E-state index contributed by atoms with van der Waals surface area (Å²) in [6, 6.07) is 77.5. The van der Waals surface area contributed by atoms with Gasteiger partial charge >= 0.3 is 0 Å². The number of anilines is 6. The maximum atomic E-state index is 6.92. The molecule has 0 N–H and O–H groups in total. The van der Waals surface area contributed by atoms with Gasteiger partial charge in [-0.25, -0.2) is 0 Å². The van der Waals surface area contributed by atoms with Crippen LogP contribution in [0.15, 0.2) is 223 Å². The van der Waals surface area contributed by atoms with Crippen molar-refractivity contribution in [2.45, 2.75) is 0 Å². The highest BCUT2D eigenvalue weighted by atomic mass is 16.3. The first-order valence-corrected chi connectivity index (χ1v) is 18.7. The number of benzene rings is 9. The molecule has 0 aliphatic carbocycles. The summed E-state index contributed by atoms with van der Waals surface area (Å²) < 4.78 is 6.92. The van der Waals surface area contributed by atoms with E-state index in [2.05, 4.69) is 228 Å². The van der Waals surface area contributed by atoms with Crippen molar-refractivity contribution in [3.63, 3.8) is 0 Å². The number of para-hydroxylation sites is 2. The molecule has 0 aliphatic rings. The second-order valence-electron chi connectivity index (χ2n) is 13.8. The summed E-state index contributed by atoms with van der Waals surface area (Å²) in [5.41, 5.74) is 12.6. The van der Waals surface area contributed by atoms with Crippen molar-refractivity contribution in [3.05, 3.63) is 218 Å². The predicted octanol–water partition coefficient (Wildman–Crippen LogP) is 15.0. The molecule has 55 heavy (non-hydrogen) atoms. The van der Waals surface area contributed by atoms with Crippen molar-refractivity contribution in [1.82, 2.24) is 0 Å². The molecular weight excluding hydrogens is 669 g/mol. The standard InChI is InChI=1S/C52H36N2O/c1-5-17-37(18-6-1)39-23-15-29-45(31-39)53(43-25-9-3-10-26-43)47-35-49(52-48-33-41-21-13-14-22-42(41)34-50(48)55-51(52)36-47)54(44-27-11-4-12-28-44)46-30-16-24-40(32-46)38-19-7-2-8-20-38/h1-36H. The molecule has 1 aromatic heterocycles. The van der Waals surface area contributed by atoms with Crippen LogP contribution in [0.1, 0.15) is 0 Å². The summed E-state index contributed by atoms with van der Waals surface area (Å²) in [6.45, 7) is 0. The number of hydrogen-bond donors (Lipinski definition) is 0. The van der Waals surface area contributed by atoms with Crippen LogP contribution in [0.25, 0.3) is 55.0 Å². The molecule has 0 amide bonds. The molecule has 0 aliphatic heterocycles. The zero-order chi connectivity index (χ0) is 36.6. The third-order valence-electron chi connectivity index (χ3n) is 10.4. The van der Waals surface area contributed by atoms with Gasteiger partial charge in [0, 0.05) is 34.2 Å². The van der Waals surface area contributed by atoms with Crippen LogP contribution in [-0.4, -0.2) is 0 Å². The van der Waals surface area contributed by atoms with Crippen molar-refractivity contribution < 1.29 is 4.42 Å². The smallest absolute Gasteiger partial charge is 0.139 e. The molecule has 10 rings (SSSR count). The lowest BCUT2D eigenvalue weighted by atomic mass is 10.0. The van der Waals surface area contributed by atoms with Gasteiger partial charge in [-0.2, -0.15) is 0 Å². The summed E-state index contributed by atoms with van der Waals surface area (Å²) >= 11 is 0. The van der Waals surface area contributed by atoms with E-state index in [9.17, 15) is 0 Å². The molecule has 0 spiro atoms. The van der Waals surface area contributed by atoms with Gasteiger partial charge in [0.15, 0.2) is 0 Å². The lowest BCUT2D eigenvalue weighted by Gasteiger charge is -2.30. The van der Waals surface area contributed by atoms with Crippen LogP contribution < -0.4 is 9.80 Å². The molecular formula is C52H36N2O. The van der Waals surface area contributed by atoms with E-state index < -0.39 is 0 Å². The average Bonchev–Trinajstić information content (AvgIpc) is 3.62. The number of hydrogen-bond acceptors (Lipinski definition) is 3. The first-order valence-electron chi connectivity index (χ1n) is 18.7. The fourth-order valence-electron chi connectivity index (χ4n) is 7.80. The maximum absolute atomic E-state index is 6.92. The third-order valence-corrected chi connectivity index (χ3v) is 10.4. The zero-order valence-electron chi connectivity index (χ0n) is 30.1. The van der Waals surface area contributed by atoms with Gasteiger partial charge < -0.3 is 14.2 Å². The Morgan fingerprint density at radius 1 is 0.291 bits per heavy atom.